The SMILES string of the molecule is Cc1cccc(NC(=O)N2CCC3NNC(C45CCCC4C5)C3C2)c1. The Labute approximate surface area is 149 Å². The predicted octanol–water partition coefficient (Wildman–Crippen LogP) is 2.88. The molecule has 4 fully saturated rings. The van der Waals surface area contributed by atoms with Gasteiger partial charge in [0.2, 0.25) is 0 Å². The number of piperidine rings is 1. The minimum atomic E-state index is 0.0472. The van der Waals surface area contributed by atoms with Crippen LogP contribution in [0.15, 0.2) is 24.3 Å². The molecule has 0 spiro atoms. The summed E-state index contributed by atoms with van der Waals surface area (Å²) >= 11 is 0. The number of carbonyl (C=O) groups excluding carboxylic acids is 1. The van der Waals surface area contributed by atoms with E-state index in [2.05, 4.69) is 29.2 Å². The van der Waals surface area contributed by atoms with Gasteiger partial charge in [0, 0.05) is 36.8 Å². The molecular formula is C20H28N4O. The van der Waals surface area contributed by atoms with Crippen LogP contribution in [0.2, 0.25) is 0 Å². The lowest BCUT2D eigenvalue weighted by Gasteiger charge is -2.38. The lowest BCUT2D eigenvalue weighted by atomic mass is 9.79. The number of benzene rings is 1. The van der Waals surface area contributed by atoms with Gasteiger partial charge in [-0.2, -0.15) is 0 Å². The topological polar surface area (TPSA) is 56.4 Å². The first-order valence-corrected chi connectivity index (χ1v) is 9.79. The minimum absolute atomic E-state index is 0.0472. The lowest BCUT2D eigenvalue weighted by Crippen LogP contribution is -2.51. The molecule has 2 aliphatic heterocycles. The van der Waals surface area contributed by atoms with Gasteiger partial charge >= 0.3 is 6.03 Å². The van der Waals surface area contributed by atoms with E-state index < -0.39 is 0 Å². The van der Waals surface area contributed by atoms with Crippen molar-refractivity contribution in [3.63, 3.8) is 0 Å². The average molecular weight is 340 g/mol. The fourth-order valence-electron chi connectivity index (χ4n) is 5.79. The maximum atomic E-state index is 12.8. The van der Waals surface area contributed by atoms with Crippen LogP contribution < -0.4 is 16.2 Å². The Morgan fingerprint density at radius 2 is 2.24 bits per heavy atom. The van der Waals surface area contributed by atoms with E-state index in [1.165, 1.54) is 31.2 Å². The zero-order valence-electron chi connectivity index (χ0n) is 14.9. The number of carbonyl (C=O) groups is 1. The molecule has 134 valence electrons. The van der Waals surface area contributed by atoms with Crippen molar-refractivity contribution in [1.29, 1.82) is 0 Å². The molecule has 5 nitrogen and oxygen atoms in total. The number of amides is 2. The van der Waals surface area contributed by atoms with Crippen LogP contribution >= 0.6 is 0 Å². The first kappa shape index (κ1) is 15.6. The van der Waals surface area contributed by atoms with Gasteiger partial charge in [-0.15, -0.1) is 0 Å². The van der Waals surface area contributed by atoms with E-state index in [-0.39, 0.29) is 6.03 Å². The van der Waals surface area contributed by atoms with Crippen LogP contribution in [0.1, 0.15) is 37.7 Å². The number of nitrogens with one attached hydrogen (secondary N) is 3. The molecule has 25 heavy (non-hydrogen) atoms. The Bertz CT molecular complexity index is 692. The van der Waals surface area contributed by atoms with Crippen molar-refractivity contribution in [2.24, 2.45) is 17.3 Å². The third-order valence-corrected chi connectivity index (χ3v) is 7.16. The van der Waals surface area contributed by atoms with Gasteiger partial charge in [0.25, 0.3) is 0 Å². The number of hydrogen-bond acceptors (Lipinski definition) is 3. The summed E-state index contributed by atoms with van der Waals surface area (Å²) in [7, 11) is 0. The highest BCUT2D eigenvalue weighted by Gasteiger charge is 2.64. The van der Waals surface area contributed by atoms with Gasteiger partial charge in [0.1, 0.15) is 0 Å². The second kappa shape index (κ2) is 5.71. The second-order valence-electron chi connectivity index (χ2n) is 8.60. The zero-order valence-corrected chi connectivity index (χ0v) is 14.9. The van der Waals surface area contributed by atoms with Gasteiger partial charge < -0.3 is 10.2 Å². The predicted molar refractivity (Wildman–Crippen MR) is 98.1 cm³/mol. The lowest BCUT2D eigenvalue weighted by molar-refractivity contribution is 0.150. The van der Waals surface area contributed by atoms with Crippen molar-refractivity contribution in [1.82, 2.24) is 15.8 Å². The van der Waals surface area contributed by atoms with Crippen LogP contribution in [0.4, 0.5) is 10.5 Å². The van der Waals surface area contributed by atoms with Crippen molar-refractivity contribution in [3.8, 4) is 0 Å². The molecule has 2 saturated carbocycles. The quantitative estimate of drug-likeness (QED) is 0.776. The number of urea groups is 1. The molecule has 3 N–H and O–H groups in total. The number of aryl methyl sites for hydroxylation is 1. The van der Waals surface area contributed by atoms with Crippen molar-refractivity contribution in [2.75, 3.05) is 18.4 Å². The first-order chi connectivity index (χ1) is 12.2. The number of fused-ring (bicyclic) bond motifs is 2. The van der Waals surface area contributed by atoms with E-state index in [0.29, 0.717) is 23.4 Å². The summed E-state index contributed by atoms with van der Waals surface area (Å²) in [5.74, 6) is 1.47. The molecule has 5 unspecified atom stereocenters. The summed E-state index contributed by atoms with van der Waals surface area (Å²) in [6.45, 7) is 3.74. The number of hydrogen-bond donors (Lipinski definition) is 3. The van der Waals surface area contributed by atoms with E-state index >= 15 is 0 Å². The fraction of sp³-hybridized carbons (Fsp3) is 0.650. The Morgan fingerprint density at radius 3 is 3.00 bits per heavy atom. The molecule has 1 aromatic carbocycles. The summed E-state index contributed by atoms with van der Waals surface area (Å²) in [6.07, 6.45) is 6.60. The number of nitrogens with zero attached hydrogens (tertiary/aromatic N) is 1. The van der Waals surface area contributed by atoms with Crippen LogP contribution in [-0.4, -0.2) is 36.1 Å². The standard InChI is InChI=1S/C20H28N4O/c1-13-4-2-6-15(10-13)21-19(25)24-9-7-17-16(12-24)18(23-22-17)20-8-3-5-14(20)11-20/h2,4,6,10,14,16-18,22-23H,3,5,7-9,11-12H2,1H3,(H,21,25). The third kappa shape index (κ3) is 2.56. The summed E-state index contributed by atoms with van der Waals surface area (Å²) in [5, 5.41) is 3.08. The van der Waals surface area contributed by atoms with E-state index in [9.17, 15) is 4.79 Å². The van der Waals surface area contributed by atoms with Crippen molar-refractivity contribution in [2.45, 2.75) is 51.1 Å². The maximum Gasteiger partial charge on any atom is 0.321 e. The minimum Gasteiger partial charge on any atom is -0.324 e. The Morgan fingerprint density at radius 1 is 1.32 bits per heavy atom. The van der Waals surface area contributed by atoms with Crippen molar-refractivity contribution < 1.29 is 4.79 Å². The largest absolute Gasteiger partial charge is 0.324 e. The van der Waals surface area contributed by atoms with Gasteiger partial charge in [-0.1, -0.05) is 18.6 Å². The number of likely N-dealkylation sites (tertiary alicyclic amines) is 1. The smallest absolute Gasteiger partial charge is 0.321 e. The molecule has 1 aromatic rings. The van der Waals surface area contributed by atoms with Crippen LogP contribution in [0.5, 0.6) is 0 Å². The summed E-state index contributed by atoms with van der Waals surface area (Å²) in [5.41, 5.74) is 9.77. The highest BCUT2D eigenvalue weighted by Crippen LogP contribution is 2.67. The van der Waals surface area contributed by atoms with Crippen LogP contribution in [0.25, 0.3) is 0 Å². The molecule has 0 aromatic heterocycles. The zero-order chi connectivity index (χ0) is 17.0. The third-order valence-electron chi connectivity index (χ3n) is 7.16. The second-order valence-corrected chi connectivity index (χ2v) is 8.60. The van der Waals surface area contributed by atoms with Gasteiger partial charge in [-0.3, -0.25) is 10.9 Å². The van der Waals surface area contributed by atoms with Gasteiger partial charge in [-0.25, -0.2) is 4.79 Å². The Hall–Kier alpha value is -1.59. The highest BCUT2D eigenvalue weighted by molar-refractivity contribution is 5.89. The van der Waals surface area contributed by atoms with Crippen LogP contribution in [-0.2, 0) is 0 Å². The van der Waals surface area contributed by atoms with Gasteiger partial charge in [0.05, 0.1) is 0 Å². The first-order valence-electron chi connectivity index (χ1n) is 9.79. The molecule has 2 aliphatic carbocycles. The molecule has 5 heteroatoms. The summed E-state index contributed by atoms with van der Waals surface area (Å²) in [4.78, 5) is 14.8. The van der Waals surface area contributed by atoms with E-state index in [1.807, 2.05) is 23.1 Å². The molecule has 5 rings (SSSR count). The monoisotopic (exact) mass is 340 g/mol. The normalized spacial score (nSPS) is 39.0. The van der Waals surface area contributed by atoms with E-state index in [4.69, 9.17) is 0 Å². The maximum absolute atomic E-state index is 12.8. The van der Waals surface area contributed by atoms with Crippen LogP contribution in [0.3, 0.4) is 0 Å². The fourth-order valence-corrected chi connectivity index (χ4v) is 5.79. The highest BCUT2D eigenvalue weighted by atomic mass is 16.2. The Balaban J connectivity index is 1.28. The molecule has 2 saturated heterocycles. The summed E-state index contributed by atoms with van der Waals surface area (Å²) in [6, 6.07) is 9.14. The molecule has 5 atom stereocenters. The van der Waals surface area contributed by atoms with E-state index in [1.54, 1.807) is 0 Å². The Kier molecular flexibility index (Phi) is 3.57. The van der Waals surface area contributed by atoms with E-state index in [0.717, 1.165) is 31.1 Å². The van der Waals surface area contributed by atoms with Crippen molar-refractivity contribution >= 4 is 11.7 Å². The van der Waals surface area contributed by atoms with Crippen molar-refractivity contribution in [3.05, 3.63) is 29.8 Å². The number of rotatable bonds is 2. The molecule has 4 aliphatic rings. The molecule has 2 amide bonds. The molecule has 0 bridgehead atoms. The molecular weight excluding hydrogens is 312 g/mol. The van der Waals surface area contributed by atoms with Gasteiger partial charge in [0.15, 0.2) is 0 Å². The van der Waals surface area contributed by atoms with Gasteiger partial charge in [-0.05, 0) is 61.6 Å². The molecule has 2 heterocycles. The number of hydrazine groups is 1. The van der Waals surface area contributed by atoms with Crippen LogP contribution in [0, 0.1) is 24.2 Å². The summed E-state index contributed by atoms with van der Waals surface area (Å²) < 4.78 is 0. The average Bonchev–Trinajstić information content (AvgIpc) is 2.96. The number of anilines is 1. The molecule has 0 radical (unpaired) electrons.